The largest absolute Gasteiger partial charge is 0.353 e. The van der Waals surface area contributed by atoms with Gasteiger partial charge in [0.25, 0.3) is 0 Å². The predicted molar refractivity (Wildman–Crippen MR) is 58.5 cm³/mol. The number of aryl methyl sites for hydroxylation is 1. The van der Waals surface area contributed by atoms with E-state index in [0.29, 0.717) is 11.5 Å². The van der Waals surface area contributed by atoms with Gasteiger partial charge in [-0.25, -0.2) is 19.3 Å². The molecule has 1 aliphatic rings. The maximum Gasteiger partial charge on any atom is 0.349 e. The van der Waals surface area contributed by atoms with Crippen LogP contribution in [0.15, 0.2) is 10.9 Å². The molecule has 7 heteroatoms. The highest BCUT2D eigenvalue weighted by atomic mass is 16.1. The van der Waals surface area contributed by atoms with Crippen molar-refractivity contribution in [1.29, 1.82) is 0 Å². The molecule has 0 saturated carbocycles. The normalized spacial score (nSPS) is 16.8. The van der Waals surface area contributed by atoms with Gasteiger partial charge in [-0.3, -0.25) is 0 Å². The van der Waals surface area contributed by atoms with E-state index in [-0.39, 0.29) is 11.7 Å². The second-order valence-corrected chi connectivity index (χ2v) is 4.05. The molecule has 0 aliphatic carbocycles. The first-order valence-electron chi connectivity index (χ1n) is 5.10. The highest BCUT2D eigenvalue weighted by Crippen LogP contribution is 2.18. The van der Waals surface area contributed by atoms with E-state index in [0.717, 1.165) is 18.9 Å². The van der Waals surface area contributed by atoms with Gasteiger partial charge in [-0.15, -0.1) is 0 Å². The molecule has 7 nitrogen and oxygen atoms in total. The molecule has 0 radical (unpaired) electrons. The topological polar surface area (TPSA) is 92.3 Å². The van der Waals surface area contributed by atoms with Crippen LogP contribution in [0.2, 0.25) is 0 Å². The van der Waals surface area contributed by atoms with E-state index < -0.39 is 0 Å². The Labute approximate surface area is 90.9 Å². The lowest BCUT2D eigenvalue weighted by molar-refractivity contribution is 0.513. The van der Waals surface area contributed by atoms with Crippen LogP contribution in [0.4, 0.5) is 5.82 Å². The molecule has 3 N–H and O–H groups in total. The smallest absolute Gasteiger partial charge is 0.349 e. The fourth-order valence-corrected chi connectivity index (χ4v) is 1.94. The van der Waals surface area contributed by atoms with Crippen molar-refractivity contribution in [3.05, 3.63) is 22.4 Å². The number of H-pyrrole nitrogens is 1. The number of nitrogens with one attached hydrogen (secondary N) is 1. The van der Waals surface area contributed by atoms with Crippen LogP contribution in [0.3, 0.4) is 0 Å². The van der Waals surface area contributed by atoms with E-state index in [4.69, 9.17) is 5.73 Å². The number of anilines is 1. The Kier molecular flexibility index (Phi) is 1.78. The number of nitrogens with zero attached hydrogens (tertiary/aromatic N) is 4. The van der Waals surface area contributed by atoms with Crippen molar-refractivity contribution >= 4 is 11.5 Å². The molecule has 1 aliphatic heterocycles. The molecule has 2 aromatic heterocycles. The summed E-state index contributed by atoms with van der Waals surface area (Å²) in [6.07, 6.45) is 0. The van der Waals surface area contributed by atoms with Gasteiger partial charge >= 0.3 is 5.69 Å². The highest BCUT2D eigenvalue weighted by molar-refractivity contribution is 5.53. The number of fused-ring (bicyclic) bond motifs is 1. The molecule has 0 spiro atoms. The third-order valence-electron chi connectivity index (χ3n) is 2.79. The number of aromatic amines is 1. The van der Waals surface area contributed by atoms with Gasteiger partial charge in [0, 0.05) is 25.2 Å². The molecule has 0 atom stereocenters. The molecule has 3 heterocycles. The number of aromatic nitrogens is 4. The Morgan fingerprint density at radius 2 is 2.31 bits per heavy atom. The van der Waals surface area contributed by atoms with Gasteiger partial charge in [0.1, 0.15) is 11.6 Å². The molecule has 84 valence electrons. The van der Waals surface area contributed by atoms with Gasteiger partial charge in [0.05, 0.1) is 0 Å². The van der Waals surface area contributed by atoms with Crippen LogP contribution in [-0.4, -0.2) is 38.7 Å². The van der Waals surface area contributed by atoms with Crippen LogP contribution in [0.1, 0.15) is 5.82 Å². The average Bonchev–Trinajstić information content (AvgIpc) is 2.56. The molecule has 0 bridgehead atoms. The number of rotatable bonds is 1. The third-order valence-corrected chi connectivity index (χ3v) is 2.79. The summed E-state index contributed by atoms with van der Waals surface area (Å²) in [6.45, 7) is 3.39. The summed E-state index contributed by atoms with van der Waals surface area (Å²) in [6, 6.07) is 2.01. The second kappa shape index (κ2) is 3.05. The fraction of sp³-hybridized carbons (Fsp3) is 0.444. The predicted octanol–water partition coefficient (Wildman–Crippen LogP) is -1.13. The summed E-state index contributed by atoms with van der Waals surface area (Å²) in [4.78, 5) is 17.8. The molecular formula is C9H12N6O. The van der Waals surface area contributed by atoms with Crippen LogP contribution in [0.25, 0.3) is 5.65 Å². The summed E-state index contributed by atoms with van der Waals surface area (Å²) in [5, 5.41) is 6.33. The molecule has 3 rings (SSSR count). The molecule has 0 unspecified atom stereocenters. The first kappa shape index (κ1) is 9.34. The van der Waals surface area contributed by atoms with E-state index >= 15 is 0 Å². The van der Waals surface area contributed by atoms with E-state index in [1.54, 1.807) is 13.0 Å². The zero-order valence-electron chi connectivity index (χ0n) is 8.84. The van der Waals surface area contributed by atoms with E-state index in [9.17, 15) is 4.79 Å². The van der Waals surface area contributed by atoms with E-state index in [1.165, 1.54) is 4.40 Å². The monoisotopic (exact) mass is 220 g/mol. The number of hydrogen-bond donors (Lipinski definition) is 2. The molecular weight excluding hydrogens is 208 g/mol. The Bertz CT molecular complexity index is 594. The van der Waals surface area contributed by atoms with Gasteiger partial charge in [0.2, 0.25) is 0 Å². The quantitative estimate of drug-likeness (QED) is 0.634. The first-order chi connectivity index (χ1) is 7.65. The standard InChI is InChI=1S/C9H12N6O/c1-5-11-7(14-3-6(10)4-14)2-8-12-13-9(16)15(5)8/h2,6H,3-4,10H2,1H3,(H,13,16). The van der Waals surface area contributed by atoms with E-state index in [1.807, 2.05) is 0 Å². The molecule has 1 fully saturated rings. The molecule has 0 amide bonds. The zero-order valence-corrected chi connectivity index (χ0v) is 8.84. The Morgan fingerprint density at radius 3 is 3.00 bits per heavy atom. The molecule has 16 heavy (non-hydrogen) atoms. The van der Waals surface area contributed by atoms with Crippen LogP contribution in [-0.2, 0) is 0 Å². The van der Waals surface area contributed by atoms with Crippen molar-refractivity contribution in [1.82, 2.24) is 19.6 Å². The maximum atomic E-state index is 11.4. The van der Waals surface area contributed by atoms with Crippen LogP contribution < -0.4 is 16.3 Å². The Hall–Kier alpha value is -1.89. The number of hydrogen-bond acceptors (Lipinski definition) is 5. The van der Waals surface area contributed by atoms with Crippen molar-refractivity contribution in [2.75, 3.05) is 18.0 Å². The summed E-state index contributed by atoms with van der Waals surface area (Å²) < 4.78 is 1.45. The lowest BCUT2D eigenvalue weighted by Crippen LogP contribution is -2.56. The summed E-state index contributed by atoms with van der Waals surface area (Å²) in [5.41, 5.74) is 6.05. The maximum absolute atomic E-state index is 11.4. The van der Waals surface area contributed by atoms with Crippen molar-refractivity contribution < 1.29 is 0 Å². The minimum atomic E-state index is -0.258. The summed E-state index contributed by atoms with van der Waals surface area (Å²) in [5.74, 6) is 1.46. The van der Waals surface area contributed by atoms with Gasteiger partial charge < -0.3 is 10.6 Å². The van der Waals surface area contributed by atoms with Crippen LogP contribution in [0, 0.1) is 6.92 Å². The van der Waals surface area contributed by atoms with Crippen LogP contribution in [0.5, 0.6) is 0 Å². The minimum Gasteiger partial charge on any atom is -0.353 e. The van der Waals surface area contributed by atoms with Crippen molar-refractivity contribution in [3.8, 4) is 0 Å². The number of nitrogens with two attached hydrogens (primary N) is 1. The average molecular weight is 220 g/mol. The lowest BCUT2D eigenvalue weighted by Gasteiger charge is -2.37. The SMILES string of the molecule is Cc1nc(N2CC(N)C2)cc2n[nH]c(=O)n12. The molecule has 2 aromatic rings. The van der Waals surface area contributed by atoms with Gasteiger partial charge in [0.15, 0.2) is 5.65 Å². The van der Waals surface area contributed by atoms with Crippen molar-refractivity contribution in [2.24, 2.45) is 5.73 Å². The van der Waals surface area contributed by atoms with Gasteiger partial charge in [-0.2, -0.15) is 5.10 Å². The first-order valence-corrected chi connectivity index (χ1v) is 5.10. The van der Waals surface area contributed by atoms with E-state index in [2.05, 4.69) is 20.1 Å². The Morgan fingerprint density at radius 1 is 1.56 bits per heavy atom. The summed E-state index contributed by atoms with van der Waals surface area (Å²) >= 11 is 0. The highest BCUT2D eigenvalue weighted by Gasteiger charge is 2.25. The molecule has 1 saturated heterocycles. The van der Waals surface area contributed by atoms with Gasteiger partial charge in [-0.1, -0.05) is 0 Å². The Balaban J connectivity index is 2.11. The fourth-order valence-electron chi connectivity index (χ4n) is 1.94. The zero-order chi connectivity index (χ0) is 11.3. The van der Waals surface area contributed by atoms with Crippen molar-refractivity contribution in [2.45, 2.75) is 13.0 Å². The lowest BCUT2D eigenvalue weighted by atomic mass is 10.1. The third kappa shape index (κ3) is 1.21. The summed E-state index contributed by atoms with van der Waals surface area (Å²) in [7, 11) is 0. The second-order valence-electron chi connectivity index (χ2n) is 4.05. The minimum absolute atomic E-state index is 0.222. The molecule has 0 aromatic carbocycles. The van der Waals surface area contributed by atoms with Crippen LogP contribution >= 0.6 is 0 Å². The van der Waals surface area contributed by atoms with Gasteiger partial charge in [-0.05, 0) is 6.92 Å². The van der Waals surface area contributed by atoms with Crippen molar-refractivity contribution in [3.63, 3.8) is 0 Å².